The van der Waals surface area contributed by atoms with Gasteiger partial charge in [-0.05, 0) is 11.5 Å². The molecule has 0 unspecified atom stereocenters. The molecule has 4 nitrogen and oxygen atoms in total. The van der Waals surface area contributed by atoms with Gasteiger partial charge in [0.1, 0.15) is 0 Å². The molecule has 0 fully saturated rings. The Hall–Kier alpha value is -1.68. The van der Waals surface area contributed by atoms with Gasteiger partial charge in [0.05, 0.1) is 25.1 Å². The Morgan fingerprint density at radius 2 is 2.00 bits per heavy atom. The van der Waals surface area contributed by atoms with Crippen LogP contribution in [0.2, 0.25) is 0 Å². The summed E-state index contributed by atoms with van der Waals surface area (Å²) in [6, 6.07) is 0. The monoisotopic (exact) mass is 244 g/mol. The molecule has 3 heterocycles. The predicted octanol–water partition coefficient (Wildman–Crippen LogP) is 3.20. The fraction of sp³-hybridized carbons (Fsp3) is 0.429. The zero-order chi connectivity index (χ0) is 12.7. The average molecular weight is 244 g/mol. The quantitative estimate of drug-likeness (QED) is 0.814. The zero-order valence-electron chi connectivity index (χ0n) is 10.9. The first kappa shape index (κ1) is 11.4. The van der Waals surface area contributed by atoms with E-state index in [1.54, 1.807) is 6.20 Å². The van der Waals surface area contributed by atoms with E-state index < -0.39 is 0 Å². The minimum atomic E-state index is 0.406. The minimum Gasteiger partial charge on any atom is -0.441 e. The Morgan fingerprint density at radius 1 is 1.17 bits per heavy atom. The number of rotatable bonds is 2. The minimum absolute atomic E-state index is 0.406. The molecule has 1 aliphatic rings. The first-order valence-electron chi connectivity index (χ1n) is 6.18. The summed E-state index contributed by atoms with van der Waals surface area (Å²) >= 11 is 0. The highest BCUT2D eigenvalue weighted by molar-refractivity contribution is 5.64. The van der Waals surface area contributed by atoms with Crippen LogP contribution in [-0.2, 0) is 18.0 Å². The van der Waals surface area contributed by atoms with Crippen LogP contribution in [0.3, 0.4) is 0 Å². The third-order valence-electron chi connectivity index (χ3n) is 3.26. The molecular weight excluding hydrogens is 228 g/mol. The maximum atomic E-state index is 5.63. The van der Waals surface area contributed by atoms with Gasteiger partial charge in [-0.1, -0.05) is 13.8 Å². The van der Waals surface area contributed by atoms with Gasteiger partial charge in [-0.25, -0.2) is 4.98 Å². The largest absolute Gasteiger partial charge is 0.441 e. The van der Waals surface area contributed by atoms with E-state index in [4.69, 9.17) is 9.15 Å². The first-order valence-corrected chi connectivity index (χ1v) is 6.18. The predicted molar refractivity (Wildman–Crippen MR) is 67.1 cm³/mol. The van der Waals surface area contributed by atoms with Crippen LogP contribution < -0.4 is 0 Å². The normalized spacial score (nSPS) is 14.2. The first-order chi connectivity index (χ1) is 8.66. The van der Waals surface area contributed by atoms with E-state index in [2.05, 4.69) is 23.8 Å². The molecule has 0 spiro atoms. The van der Waals surface area contributed by atoms with Gasteiger partial charge in [-0.2, -0.15) is 0 Å². The Kier molecular flexibility index (Phi) is 2.67. The Labute approximate surface area is 106 Å². The van der Waals surface area contributed by atoms with Gasteiger partial charge >= 0.3 is 0 Å². The van der Waals surface area contributed by atoms with E-state index in [1.807, 2.05) is 13.1 Å². The molecule has 0 atom stereocenters. The molecule has 2 aromatic rings. The van der Waals surface area contributed by atoms with E-state index in [1.165, 1.54) is 11.1 Å². The SMILES string of the molecule is Cc1ncc(-c2cnc3c(c2C(C)C)COC3)o1. The average Bonchev–Trinajstić information content (AvgIpc) is 2.95. The maximum Gasteiger partial charge on any atom is 0.191 e. The van der Waals surface area contributed by atoms with Crippen molar-refractivity contribution in [3.05, 3.63) is 35.1 Å². The van der Waals surface area contributed by atoms with Gasteiger partial charge in [0.15, 0.2) is 11.7 Å². The Bertz CT molecular complexity index is 587. The molecule has 18 heavy (non-hydrogen) atoms. The fourth-order valence-corrected chi connectivity index (χ4v) is 2.48. The molecule has 0 bridgehead atoms. The van der Waals surface area contributed by atoms with Gasteiger partial charge in [-0.15, -0.1) is 0 Å². The van der Waals surface area contributed by atoms with Crippen molar-refractivity contribution >= 4 is 0 Å². The van der Waals surface area contributed by atoms with Gasteiger partial charge in [0.25, 0.3) is 0 Å². The van der Waals surface area contributed by atoms with Crippen molar-refractivity contribution in [3.8, 4) is 11.3 Å². The van der Waals surface area contributed by atoms with Gasteiger partial charge in [0.2, 0.25) is 0 Å². The highest BCUT2D eigenvalue weighted by Gasteiger charge is 2.23. The lowest BCUT2D eigenvalue weighted by Crippen LogP contribution is -2.01. The van der Waals surface area contributed by atoms with Gasteiger partial charge < -0.3 is 9.15 Å². The summed E-state index contributed by atoms with van der Waals surface area (Å²) in [5, 5.41) is 0. The number of nitrogens with zero attached hydrogens (tertiary/aromatic N) is 2. The number of hydrogen-bond donors (Lipinski definition) is 0. The second-order valence-electron chi connectivity index (χ2n) is 4.90. The smallest absolute Gasteiger partial charge is 0.191 e. The summed E-state index contributed by atoms with van der Waals surface area (Å²) in [6.45, 7) is 7.48. The van der Waals surface area contributed by atoms with Crippen LogP contribution in [0, 0.1) is 6.92 Å². The number of hydrogen-bond acceptors (Lipinski definition) is 4. The molecule has 2 aromatic heterocycles. The molecule has 0 aliphatic carbocycles. The van der Waals surface area contributed by atoms with Crippen molar-refractivity contribution in [2.24, 2.45) is 0 Å². The van der Waals surface area contributed by atoms with Gasteiger partial charge in [-0.3, -0.25) is 4.98 Å². The lowest BCUT2D eigenvalue weighted by atomic mass is 9.92. The highest BCUT2D eigenvalue weighted by Crippen LogP contribution is 2.35. The van der Waals surface area contributed by atoms with Crippen LogP contribution in [0.1, 0.15) is 42.5 Å². The van der Waals surface area contributed by atoms with Crippen molar-refractivity contribution in [2.75, 3.05) is 0 Å². The summed E-state index contributed by atoms with van der Waals surface area (Å²) in [4.78, 5) is 8.64. The van der Waals surface area contributed by atoms with Gasteiger partial charge in [0, 0.05) is 24.2 Å². The van der Waals surface area contributed by atoms with Crippen molar-refractivity contribution in [3.63, 3.8) is 0 Å². The number of oxazole rings is 1. The zero-order valence-corrected chi connectivity index (χ0v) is 10.9. The van der Waals surface area contributed by atoms with E-state index in [-0.39, 0.29) is 0 Å². The topological polar surface area (TPSA) is 48.2 Å². The molecule has 4 heteroatoms. The van der Waals surface area contributed by atoms with Crippen molar-refractivity contribution in [1.29, 1.82) is 0 Å². The number of pyridine rings is 1. The lowest BCUT2D eigenvalue weighted by Gasteiger charge is -2.14. The third kappa shape index (κ3) is 1.73. The van der Waals surface area contributed by atoms with E-state index in [0.717, 1.165) is 17.0 Å². The molecular formula is C14H16N2O2. The number of aryl methyl sites for hydroxylation is 1. The van der Waals surface area contributed by atoms with E-state index in [0.29, 0.717) is 25.0 Å². The second-order valence-corrected chi connectivity index (χ2v) is 4.90. The number of ether oxygens (including phenoxy) is 1. The van der Waals surface area contributed by atoms with Crippen LogP contribution in [-0.4, -0.2) is 9.97 Å². The van der Waals surface area contributed by atoms with Crippen molar-refractivity contribution in [2.45, 2.75) is 39.9 Å². The molecule has 1 aliphatic heterocycles. The molecule has 0 N–H and O–H groups in total. The summed E-state index contributed by atoms with van der Waals surface area (Å²) in [7, 11) is 0. The highest BCUT2D eigenvalue weighted by atomic mass is 16.5. The lowest BCUT2D eigenvalue weighted by molar-refractivity contribution is 0.133. The van der Waals surface area contributed by atoms with Crippen LogP contribution >= 0.6 is 0 Å². The van der Waals surface area contributed by atoms with Crippen LogP contribution in [0.15, 0.2) is 16.8 Å². The summed E-state index contributed by atoms with van der Waals surface area (Å²) < 4.78 is 11.1. The molecule has 0 aromatic carbocycles. The van der Waals surface area contributed by atoms with Crippen molar-refractivity contribution < 1.29 is 9.15 Å². The molecule has 0 radical (unpaired) electrons. The molecule has 94 valence electrons. The van der Waals surface area contributed by atoms with E-state index in [9.17, 15) is 0 Å². The third-order valence-corrected chi connectivity index (χ3v) is 3.26. The molecule has 0 amide bonds. The number of aromatic nitrogens is 2. The summed E-state index contributed by atoms with van der Waals surface area (Å²) in [5.74, 6) is 1.87. The standard InChI is InChI=1S/C14H16N2O2/c1-8(2)14-10(13-5-15-9(3)18-13)4-16-12-7-17-6-11(12)14/h4-5,8H,6-7H2,1-3H3. The van der Waals surface area contributed by atoms with Crippen molar-refractivity contribution in [1.82, 2.24) is 9.97 Å². The second kappa shape index (κ2) is 4.21. The number of fused-ring (bicyclic) bond motifs is 1. The van der Waals surface area contributed by atoms with Crippen LogP contribution in [0.4, 0.5) is 0 Å². The summed E-state index contributed by atoms with van der Waals surface area (Å²) in [5.41, 5.74) is 4.58. The molecule has 3 rings (SSSR count). The van der Waals surface area contributed by atoms with Crippen LogP contribution in [0.5, 0.6) is 0 Å². The Balaban J connectivity index is 2.21. The van der Waals surface area contributed by atoms with E-state index >= 15 is 0 Å². The maximum absolute atomic E-state index is 5.63. The molecule has 0 saturated heterocycles. The molecule has 0 saturated carbocycles. The fourth-order valence-electron chi connectivity index (χ4n) is 2.48. The Morgan fingerprint density at radius 3 is 2.67 bits per heavy atom. The van der Waals surface area contributed by atoms with Crippen LogP contribution in [0.25, 0.3) is 11.3 Å². The summed E-state index contributed by atoms with van der Waals surface area (Å²) in [6.07, 6.45) is 3.64.